The highest BCUT2D eigenvalue weighted by molar-refractivity contribution is 9.11. The van der Waals surface area contributed by atoms with Crippen molar-refractivity contribution in [3.05, 3.63) is 32.6 Å². The molecule has 0 unspecified atom stereocenters. The second-order valence-electron chi connectivity index (χ2n) is 4.93. The number of anilines is 1. The molecule has 4 nitrogen and oxygen atoms in total. The van der Waals surface area contributed by atoms with Gasteiger partial charge < -0.3 is 5.32 Å². The van der Waals surface area contributed by atoms with Crippen molar-refractivity contribution < 1.29 is 4.79 Å². The number of hydrogen-bond donors (Lipinski definition) is 1. The summed E-state index contributed by atoms with van der Waals surface area (Å²) in [6.45, 7) is 4.12. The van der Waals surface area contributed by atoms with E-state index in [9.17, 15) is 4.79 Å². The van der Waals surface area contributed by atoms with Crippen LogP contribution in [0.1, 0.15) is 42.7 Å². The van der Waals surface area contributed by atoms with Crippen LogP contribution in [-0.2, 0) is 4.79 Å². The number of rotatable bonds is 2. The van der Waals surface area contributed by atoms with Gasteiger partial charge in [-0.05, 0) is 41.9 Å². The molecule has 1 atom stereocenters. The molecule has 0 fully saturated rings. The van der Waals surface area contributed by atoms with Crippen LogP contribution in [0, 0.1) is 0 Å². The van der Waals surface area contributed by atoms with Crippen LogP contribution in [0.4, 0.5) is 5.82 Å². The molecule has 100 valence electrons. The lowest BCUT2D eigenvalue weighted by Gasteiger charge is -2.23. The fourth-order valence-electron chi connectivity index (χ4n) is 2.40. The molecule has 0 bridgehead atoms. The Morgan fingerprint density at radius 1 is 1.53 bits per heavy atom. The van der Waals surface area contributed by atoms with Crippen molar-refractivity contribution in [1.29, 1.82) is 0 Å². The Balaban J connectivity index is 2.08. The number of hydrogen-bond acceptors (Lipinski definition) is 3. The highest BCUT2D eigenvalue weighted by Crippen LogP contribution is 2.41. The molecule has 6 heteroatoms. The van der Waals surface area contributed by atoms with E-state index in [0.29, 0.717) is 6.42 Å². The molecule has 0 saturated carbocycles. The summed E-state index contributed by atoms with van der Waals surface area (Å²) in [6, 6.07) is 4.34. The van der Waals surface area contributed by atoms with E-state index in [1.165, 1.54) is 4.88 Å². The van der Waals surface area contributed by atoms with Gasteiger partial charge in [-0.25, -0.2) is 4.68 Å². The lowest BCUT2D eigenvalue weighted by molar-refractivity contribution is -0.116. The van der Waals surface area contributed by atoms with Crippen molar-refractivity contribution >= 4 is 39.0 Å². The summed E-state index contributed by atoms with van der Waals surface area (Å²) in [7, 11) is 0. The minimum absolute atomic E-state index is 0.0597. The molecule has 1 aliphatic rings. The number of carbonyl (C=O) groups excluding carboxylic acids is 1. The maximum absolute atomic E-state index is 11.9. The molecule has 0 radical (unpaired) electrons. The van der Waals surface area contributed by atoms with Crippen LogP contribution in [0.3, 0.4) is 0 Å². The van der Waals surface area contributed by atoms with E-state index in [0.717, 1.165) is 15.2 Å². The lowest BCUT2D eigenvalue weighted by Crippen LogP contribution is -2.24. The molecule has 3 heterocycles. The van der Waals surface area contributed by atoms with E-state index in [1.54, 1.807) is 11.3 Å². The zero-order valence-electron chi connectivity index (χ0n) is 10.7. The van der Waals surface area contributed by atoms with Crippen LogP contribution in [0.2, 0.25) is 0 Å². The van der Waals surface area contributed by atoms with E-state index in [2.05, 4.69) is 46.3 Å². The van der Waals surface area contributed by atoms with Crippen molar-refractivity contribution in [2.75, 3.05) is 5.32 Å². The summed E-state index contributed by atoms with van der Waals surface area (Å²) in [5.74, 6) is 1.03. The lowest BCUT2D eigenvalue weighted by atomic mass is 9.93. The second-order valence-corrected chi connectivity index (χ2v) is 7.43. The average molecular weight is 340 g/mol. The smallest absolute Gasteiger partial charge is 0.226 e. The molecule has 1 N–H and O–H groups in total. The number of fused-ring (bicyclic) bond motifs is 1. The van der Waals surface area contributed by atoms with Gasteiger partial charge in [-0.1, -0.05) is 0 Å². The number of thiophene rings is 1. The first-order chi connectivity index (χ1) is 9.06. The molecule has 1 amide bonds. The van der Waals surface area contributed by atoms with Gasteiger partial charge in [0.25, 0.3) is 0 Å². The number of nitrogens with one attached hydrogen (secondary N) is 1. The van der Waals surface area contributed by atoms with E-state index in [-0.39, 0.29) is 17.9 Å². The quantitative estimate of drug-likeness (QED) is 0.905. The van der Waals surface area contributed by atoms with Crippen molar-refractivity contribution in [3.8, 4) is 0 Å². The monoisotopic (exact) mass is 339 g/mol. The van der Waals surface area contributed by atoms with E-state index < -0.39 is 0 Å². The van der Waals surface area contributed by atoms with Gasteiger partial charge in [-0.15, -0.1) is 11.3 Å². The first-order valence-corrected chi connectivity index (χ1v) is 7.79. The highest BCUT2D eigenvalue weighted by Gasteiger charge is 2.31. The fraction of sp³-hybridized carbons (Fsp3) is 0.385. The molecule has 2 aromatic rings. The van der Waals surface area contributed by atoms with Crippen LogP contribution in [-0.4, -0.2) is 15.7 Å². The molecule has 3 rings (SSSR count). The fourth-order valence-corrected chi connectivity index (χ4v) is 3.94. The van der Waals surface area contributed by atoms with Crippen LogP contribution in [0.25, 0.3) is 0 Å². The standard InChI is InChI=1S/C13H14BrN3OS/c1-7(2)17-13-9(6-15-17)8(5-12(18)16-13)10-3-4-11(14)19-10/h3-4,6-8H,5H2,1-2H3,(H,16,18)/t8-/m0/s1. The highest BCUT2D eigenvalue weighted by atomic mass is 79.9. The molecule has 1 aliphatic heterocycles. The maximum atomic E-state index is 11.9. The molecule has 0 saturated heterocycles. The number of aromatic nitrogens is 2. The molecular weight excluding hydrogens is 326 g/mol. The molecule has 0 spiro atoms. The average Bonchev–Trinajstić information content (AvgIpc) is 2.93. The summed E-state index contributed by atoms with van der Waals surface area (Å²) in [6.07, 6.45) is 2.37. The van der Waals surface area contributed by atoms with Crippen molar-refractivity contribution in [2.24, 2.45) is 0 Å². The third kappa shape index (κ3) is 2.23. The van der Waals surface area contributed by atoms with Gasteiger partial charge in [0.1, 0.15) is 5.82 Å². The normalized spacial score (nSPS) is 18.5. The van der Waals surface area contributed by atoms with Gasteiger partial charge in [0, 0.05) is 28.8 Å². The Kier molecular flexibility index (Phi) is 3.22. The first kappa shape index (κ1) is 12.9. The largest absolute Gasteiger partial charge is 0.311 e. The Morgan fingerprint density at radius 2 is 2.32 bits per heavy atom. The molecule has 19 heavy (non-hydrogen) atoms. The Bertz CT molecular complexity index is 632. The molecule has 2 aromatic heterocycles. The summed E-state index contributed by atoms with van der Waals surface area (Å²) in [5.41, 5.74) is 1.11. The Hall–Kier alpha value is -1.14. The van der Waals surface area contributed by atoms with Gasteiger partial charge in [0.2, 0.25) is 5.91 Å². The minimum Gasteiger partial charge on any atom is -0.311 e. The van der Waals surface area contributed by atoms with Gasteiger partial charge in [0.05, 0.1) is 9.98 Å². The molecular formula is C13H14BrN3OS. The van der Waals surface area contributed by atoms with Gasteiger partial charge in [-0.3, -0.25) is 4.79 Å². The number of amides is 1. The van der Waals surface area contributed by atoms with Gasteiger partial charge >= 0.3 is 0 Å². The number of halogens is 1. The zero-order valence-corrected chi connectivity index (χ0v) is 13.1. The number of carbonyl (C=O) groups is 1. The predicted octanol–water partition coefficient (Wildman–Crippen LogP) is 3.76. The maximum Gasteiger partial charge on any atom is 0.226 e. The summed E-state index contributed by atoms with van der Waals surface area (Å²) in [4.78, 5) is 13.1. The van der Waals surface area contributed by atoms with Crippen molar-refractivity contribution in [1.82, 2.24) is 9.78 Å². The Labute approximate surface area is 123 Å². The molecule has 0 aromatic carbocycles. The second kappa shape index (κ2) is 4.76. The van der Waals surface area contributed by atoms with Gasteiger partial charge in [0.15, 0.2) is 0 Å². The van der Waals surface area contributed by atoms with Crippen LogP contribution < -0.4 is 5.32 Å². The van der Waals surface area contributed by atoms with Crippen LogP contribution >= 0.6 is 27.3 Å². The third-order valence-electron chi connectivity index (χ3n) is 3.27. The van der Waals surface area contributed by atoms with E-state index >= 15 is 0 Å². The minimum atomic E-state index is 0.0597. The van der Waals surface area contributed by atoms with Crippen molar-refractivity contribution in [3.63, 3.8) is 0 Å². The first-order valence-electron chi connectivity index (χ1n) is 6.18. The SMILES string of the molecule is CC(C)n1ncc2c1NC(=O)C[C@@H]2c1ccc(Br)s1. The van der Waals surface area contributed by atoms with Crippen LogP contribution in [0.15, 0.2) is 22.1 Å². The van der Waals surface area contributed by atoms with E-state index in [1.807, 2.05) is 16.9 Å². The zero-order chi connectivity index (χ0) is 13.6. The molecule has 0 aliphatic carbocycles. The summed E-state index contributed by atoms with van der Waals surface area (Å²) < 4.78 is 2.97. The predicted molar refractivity (Wildman–Crippen MR) is 79.7 cm³/mol. The van der Waals surface area contributed by atoms with Gasteiger partial charge in [-0.2, -0.15) is 5.10 Å². The summed E-state index contributed by atoms with van der Waals surface area (Å²) in [5, 5.41) is 7.36. The summed E-state index contributed by atoms with van der Waals surface area (Å²) >= 11 is 5.16. The third-order valence-corrected chi connectivity index (χ3v) is 5.01. The van der Waals surface area contributed by atoms with Crippen LogP contribution in [0.5, 0.6) is 0 Å². The topological polar surface area (TPSA) is 46.9 Å². The van der Waals surface area contributed by atoms with Crippen molar-refractivity contribution in [2.45, 2.75) is 32.2 Å². The van der Waals surface area contributed by atoms with E-state index in [4.69, 9.17) is 0 Å². The number of nitrogens with zero attached hydrogens (tertiary/aromatic N) is 2. The Morgan fingerprint density at radius 3 is 2.95 bits per heavy atom.